The highest BCUT2D eigenvalue weighted by atomic mass is 16.3. The Morgan fingerprint density at radius 2 is 1.75 bits per heavy atom. The zero-order valence-electron chi connectivity index (χ0n) is 7.84. The van der Waals surface area contributed by atoms with Gasteiger partial charge in [-0.15, -0.1) is 0 Å². The molecular formula is C10H21NO. The third kappa shape index (κ3) is 3.55. The van der Waals surface area contributed by atoms with Crippen LogP contribution in [0.1, 0.15) is 44.9 Å². The molecule has 0 aliphatic heterocycles. The summed E-state index contributed by atoms with van der Waals surface area (Å²) < 4.78 is 0. The van der Waals surface area contributed by atoms with Gasteiger partial charge < -0.3 is 10.8 Å². The summed E-state index contributed by atoms with van der Waals surface area (Å²) in [5.74, 6) is 0.875. The van der Waals surface area contributed by atoms with Crippen LogP contribution in [0.25, 0.3) is 0 Å². The number of hydrogen-bond donors (Lipinski definition) is 2. The van der Waals surface area contributed by atoms with Crippen LogP contribution in [0.2, 0.25) is 0 Å². The smallest absolute Gasteiger partial charge is 0.0540 e. The van der Waals surface area contributed by atoms with Crippen LogP contribution in [0, 0.1) is 5.92 Å². The molecule has 0 amide bonds. The molecule has 0 bridgehead atoms. The van der Waals surface area contributed by atoms with Gasteiger partial charge in [0.05, 0.1) is 6.10 Å². The normalized spacial score (nSPS) is 30.5. The van der Waals surface area contributed by atoms with Crippen molar-refractivity contribution in [2.75, 3.05) is 6.54 Å². The van der Waals surface area contributed by atoms with Crippen molar-refractivity contribution in [1.29, 1.82) is 0 Å². The fourth-order valence-electron chi connectivity index (χ4n) is 2.01. The lowest BCUT2D eigenvalue weighted by Crippen LogP contribution is -2.18. The fourth-order valence-corrected chi connectivity index (χ4v) is 2.01. The van der Waals surface area contributed by atoms with Crippen LogP contribution in [0.3, 0.4) is 0 Å². The maximum Gasteiger partial charge on any atom is 0.0540 e. The van der Waals surface area contributed by atoms with E-state index in [9.17, 15) is 5.11 Å². The molecule has 1 aliphatic rings. The number of hydrogen-bond acceptors (Lipinski definition) is 2. The first-order chi connectivity index (χ1) is 5.83. The Hall–Kier alpha value is -0.0800. The average Bonchev–Trinajstić information content (AvgIpc) is 2.09. The van der Waals surface area contributed by atoms with E-state index < -0.39 is 0 Å². The molecule has 2 heteroatoms. The summed E-state index contributed by atoms with van der Waals surface area (Å²) in [5.41, 5.74) is 5.43. The number of aliphatic hydroxyl groups is 1. The minimum absolute atomic E-state index is 0.00393. The molecule has 1 saturated carbocycles. The number of rotatable bonds is 4. The molecule has 3 N–H and O–H groups in total. The lowest BCUT2D eigenvalue weighted by Gasteiger charge is -2.25. The topological polar surface area (TPSA) is 46.2 Å². The van der Waals surface area contributed by atoms with Crippen molar-refractivity contribution >= 4 is 0 Å². The zero-order chi connectivity index (χ0) is 8.81. The van der Waals surface area contributed by atoms with Crippen LogP contribution in [0.15, 0.2) is 0 Å². The predicted octanol–water partition coefficient (Wildman–Crippen LogP) is 1.67. The van der Waals surface area contributed by atoms with Gasteiger partial charge in [0.1, 0.15) is 0 Å². The van der Waals surface area contributed by atoms with Crippen molar-refractivity contribution in [2.24, 2.45) is 11.7 Å². The van der Waals surface area contributed by atoms with Gasteiger partial charge >= 0.3 is 0 Å². The first kappa shape index (κ1) is 10.0. The van der Waals surface area contributed by atoms with E-state index >= 15 is 0 Å². The molecule has 1 aliphatic carbocycles. The molecule has 72 valence electrons. The summed E-state index contributed by atoms with van der Waals surface area (Å²) >= 11 is 0. The molecule has 0 unspecified atom stereocenters. The van der Waals surface area contributed by atoms with Gasteiger partial charge in [0.2, 0.25) is 0 Å². The number of nitrogens with two attached hydrogens (primary N) is 1. The standard InChI is InChI=1S/C10H21NO/c11-8-2-1-3-9-4-6-10(12)7-5-9/h9-10,12H,1-8,11H2. The van der Waals surface area contributed by atoms with Gasteiger partial charge in [-0.05, 0) is 44.6 Å². The summed E-state index contributed by atoms with van der Waals surface area (Å²) in [6.07, 6.45) is 8.26. The first-order valence-corrected chi connectivity index (χ1v) is 5.21. The Morgan fingerprint density at radius 1 is 1.08 bits per heavy atom. The van der Waals surface area contributed by atoms with Crippen LogP contribution in [-0.2, 0) is 0 Å². The lowest BCUT2D eigenvalue weighted by molar-refractivity contribution is 0.106. The number of unbranched alkanes of at least 4 members (excludes halogenated alkanes) is 1. The third-order valence-electron chi connectivity index (χ3n) is 2.88. The van der Waals surface area contributed by atoms with Gasteiger partial charge in [-0.25, -0.2) is 0 Å². The zero-order valence-corrected chi connectivity index (χ0v) is 7.84. The van der Waals surface area contributed by atoms with Gasteiger partial charge in [0.15, 0.2) is 0 Å². The van der Waals surface area contributed by atoms with E-state index in [2.05, 4.69) is 0 Å². The third-order valence-corrected chi connectivity index (χ3v) is 2.88. The predicted molar refractivity (Wildman–Crippen MR) is 50.9 cm³/mol. The van der Waals surface area contributed by atoms with Crippen molar-refractivity contribution in [2.45, 2.75) is 51.0 Å². The van der Waals surface area contributed by atoms with Crippen LogP contribution in [-0.4, -0.2) is 17.8 Å². The second-order valence-electron chi connectivity index (χ2n) is 3.96. The first-order valence-electron chi connectivity index (χ1n) is 5.21. The van der Waals surface area contributed by atoms with E-state index in [0.717, 1.165) is 25.3 Å². The monoisotopic (exact) mass is 171 g/mol. The summed E-state index contributed by atoms with van der Waals surface area (Å²) in [5, 5.41) is 9.28. The maximum absolute atomic E-state index is 9.28. The summed E-state index contributed by atoms with van der Waals surface area (Å²) in [6.45, 7) is 0.829. The Bertz CT molecular complexity index is 108. The second kappa shape index (κ2) is 5.55. The van der Waals surface area contributed by atoms with Crippen molar-refractivity contribution in [3.05, 3.63) is 0 Å². The van der Waals surface area contributed by atoms with E-state index in [4.69, 9.17) is 5.73 Å². The Labute approximate surface area is 75.2 Å². The van der Waals surface area contributed by atoms with Crippen LogP contribution in [0.4, 0.5) is 0 Å². The van der Waals surface area contributed by atoms with Gasteiger partial charge in [0.25, 0.3) is 0 Å². The average molecular weight is 171 g/mol. The van der Waals surface area contributed by atoms with E-state index in [-0.39, 0.29) is 6.10 Å². The lowest BCUT2D eigenvalue weighted by atomic mass is 9.84. The van der Waals surface area contributed by atoms with Gasteiger partial charge in [0, 0.05) is 0 Å². The highest BCUT2D eigenvalue weighted by Crippen LogP contribution is 2.27. The SMILES string of the molecule is NCCCCC1CCC(O)CC1. The maximum atomic E-state index is 9.28. The molecule has 0 aromatic carbocycles. The van der Waals surface area contributed by atoms with Crippen molar-refractivity contribution in [3.8, 4) is 0 Å². The minimum atomic E-state index is -0.00393. The molecule has 0 saturated heterocycles. The molecule has 0 radical (unpaired) electrons. The largest absolute Gasteiger partial charge is 0.393 e. The molecule has 0 aromatic heterocycles. The highest BCUT2D eigenvalue weighted by Gasteiger charge is 2.18. The molecule has 1 fully saturated rings. The summed E-state index contributed by atoms with van der Waals surface area (Å²) in [7, 11) is 0. The van der Waals surface area contributed by atoms with E-state index in [0.29, 0.717) is 0 Å². The quantitative estimate of drug-likeness (QED) is 0.632. The highest BCUT2D eigenvalue weighted by molar-refractivity contribution is 4.71. The molecule has 0 atom stereocenters. The summed E-state index contributed by atoms with van der Waals surface area (Å²) in [6, 6.07) is 0. The molecule has 0 heterocycles. The molecular weight excluding hydrogens is 150 g/mol. The van der Waals surface area contributed by atoms with Crippen molar-refractivity contribution in [1.82, 2.24) is 0 Å². The Morgan fingerprint density at radius 3 is 2.33 bits per heavy atom. The van der Waals surface area contributed by atoms with Crippen LogP contribution >= 0.6 is 0 Å². The van der Waals surface area contributed by atoms with E-state index in [1.807, 2.05) is 0 Å². The summed E-state index contributed by atoms with van der Waals surface area (Å²) in [4.78, 5) is 0. The molecule has 2 nitrogen and oxygen atoms in total. The molecule has 0 spiro atoms. The van der Waals surface area contributed by atoms with Gasteiger partial charge in [-0.2, -0.15) is 0 Å². The molecule has 0 aromatic rings. The second-order valence-corrected chi connectivity index (χ2v) is 3.96. The Kier molecular flexibility index (Phi) is 4.62. The van der Waals surface area contributed by atoms with Crippen LogP contribution in [0.5, 0.6) is 0 Å². The van der Waals surface area contributed by atoms with E-state index in [1.165, 1.54) is 32.1 Å². The van der Waals surface area contributed by atoms with Crippen LogP contribution < -0.4 is 5.73 Å². The molecule has 12 heavy (non-hydrogen) atoms. The van der Waals surface area contributed by atoms with Crippen molar-refractivity contribution in [3.63, 3.8) is 0 Å². The van der Waals surface area contributed by atoms with Crippen molar-refractivity contribution < 1.29 is 5.11 Å². The fraction of sp³-hybridized carbons (Fsp3) is 1.00. The minimum Gasteiger partial charge on any atom is -0.393 e. The molecule has 1 rings (SSSR count). The van der Waals surface area contributed by atoms with Gasteiger partial charge in [-0.1, -0.05) is 12.8 Å². The number of aliphatic hydroxyl groups excluding tert-OH is 1. The Balaban J connectivity index is 2.01. The van der Waals surface area contributed by atoms with Gasteiger partial charge in [-0.3, -0.25) is 0 Å². The van der Waals surface area contributed by atoms with E-state index in [1.54, 1.807) is 0 Å².